The van der Waals surface area contributed by atoms with Crippen molar-refractivity contribution in [3.63, 3.8) is 0 Å². The maximum Gasteiger partial charge on any atom is 0.0901 e. The third-order valence-corrected chi connectivity index (χ3v) is 4.24. The Morgan fingerprint density at radius 1 is 1.43 bits per heavy atom. The number of hydrogen-bond donors (Lipinski definition) is 2. The van der Waals surface area contributed by atoms with Gasteiger partial charge in [0.1, 0.15) is 0 Å². The third-order valence-electron chi connectivity index (χ3n) is 3.44. The molecule has 0 aromatic carbocycles. The molecule has 0 bridgehead atoms. The van der Waals surface area contributed by atoms with Gasteiger partial charge in [-0.25, -0.2) is 4.98 Å². The van der Waals surface area contributed by atoms with Crippen LogP contribution < -0.4 is 0 Å². The molecule has 0 aliphatic heterocycles. The average Bonchev–Trinajstić information content (AvgIpc) is 2.87. The Morgan fingerprint density at radius 3 is 2.81 bits per heavy atom. The van der Waals surface area contributed by atoms with Crippen molar-refractivity contribution in [2.75, 3.05) is 6.61 Å². The largest absolute Gasteiger partial charge is 0.396 e. The zero-order valence-corrected chi connectivity index (χ0v) is 14.1. The van der Waals surface area contributed by atoms with Crippen LogP contribution in [0.4, 0.5) is 0 Å². The number of aryl methyl sites for hydroxylation is 1. The molecule has 1 aromatic rings. The van der Waals surface area contributed by atoms with Crippen LogP contribution in [0.5, 0.6) is 0 Å². The Hall–Kier alpha value is -0.970. The molecule has 0 saturated heterocycles. The van der Waals surface area contributed by atoms with Crippen LogP contribution in [0.3, 0.4) is 0 Å². The number of hydrogen-bond acceptors (Lipinski definition) is 4. The monoisotopic (exact) mass is 309 g/mol. The van der Waals surface area contributed by atoms with Gasteiger partial charge >= 0.3 is 0 Å². The smallest absolute Gasteiger partial charge is 0.0901 e. The van der Waals surface area contributed by atoms with Crippen molar-refractivity contribution < 1.29 is 10.2 Å². The van der Waals surface area contributed by atoms with Crippen LogP contribution in [0.25, 0.3) is 6.08 Å². The molecule has 3 nitrogen and oxygen atoms in total. The highest BCUT2D eigenvalue weighted by atomic mass is 32.1. The van der Waals surface area contributed by atoms with Crippen molar-refractivity contribution in [3.05, 3.63) is 33.8 Å². The highest BCUT2D eigenvalue weighted by Crippen LogP contribution is 2.15. The molecule has 4 heteroatoms. The van der Waals surface area contributed by atoms with Crippen LogP contribution in [-0.2, 0) is 0 Å². The number of aliphatic hydroxyl groups excluding tert-OH is 2. The van der Waals surface area contributed by atoms with E-state index in [9.17, 15) is 5.11 Å². The van der Waals surface area contributed by atoms with E-state index < -0.39 is 6.10 Å². The van der Waals surface area contributed by atoms with Crippen molar-refractivity contribution in [1.29, 1.82) is 0 Å². The predicted molar refractivity (Wildman–Crippen MR) is 90.4 cm³/mol. The zero-order valence-electron chi connectivity index (χ0n) is 13.2. The fourth-order valence-electron chi connectivity index (χ4n) is 1.98. The first-order valence-electron chi connectivity index (χ1n) is 7.57. The summed E-state index contributed by atoms with van der Waals surface area (Å²) in [7, 11) is 0. The summed E-state index contributed by atoms with van der Waals surface area (Å²) < 4.78 is 0. The van der Waals surface area contributed by atoms with Crippen molar-refractivity contribution in [1.82, 2.24) is 4.98 Å². The highest BCUT2D eigenvalue weighted by molar-refractivity contribution is 7.09. The summed E-state index contributed by atoms with van der Waals surface area (Å²) in [5.41, 5.74) is 1.87. The first kappa shape index (κ1) is 18.1. The van der Waals surface area contributed by atoms with Crippen molar-refractivity contribution in [2.45, 2.75) is 52.6 Å². The lowest BCUT2D eigenvalue weighted by molar-refractivity contribution is 0.215. The van der Waals surface area contributed by atoms with E-state index in [1.807, 2.05) is 31.4 Å². The molecule has 0 fully saturated rings. The maximum atomic E-state index is 10.1. The quantitative estimate of drug-likeness (QED) is 0.536. The number of rotatable bonds is 9. The summed E-state index contributed by atoms with van der Waals surface area (Å²) in [5, 5.41) is 22.1. The topological polar surface area (TPSA) is 53.4 Å². The highest BCUT2D eigenvalue weighted by Gasteiger charge is 2.05. The SMILES string of the molecule is C/C(=C\c1csc(C)n1)[C@@H](O)C/C=C\CCC[C@H](C)CO. The van der Waals surface area contributed by atoms with Gasteiger partial charge in [-0.1, -0.05) is 19.1 Å². The minimum atomic E-state index is -0.445. The van der Waals surface area contributed by atoms with E-state index in [0.29, 0.717) is 12.3 Å². The fraction of sp³-hybridized carbons (Fsp3) is 0.588. The van der Waals surface area contributed by atoms with Gasteiger partial charge in [0, 0.05) is 12.0 Å². The van der Waals surface area contributed by atoms with Gasteiger partial charge in [0.2, 0.25) is 0 Å². The Labute approximate surface area is 132 Å². The first-order chi connectivity index (χ1) is 10.0. The first-order valence-corrected chi connectivity index (χ1v) is 8.45. The molecule has 0 amide bonds. The van der Waals surface area contributed by atoms with Crippen molar-refractivity contribution in [2.24, 2.45) is 5.92 Å². The van der Waals surface area contributed by atoms with E-state index >= 15 is 0 Å². The molecule has 1 rings (SSSR count). The second-order valence-corrected chi connectivity index (χ2v) is 6.68. The van der Waals surface area contributed by atoms with Crippen LogP contribution in [0.1, 0.15) is 50.2 Å². The molecule has 0 unspecified atom stereocenters. The number of allylic oxidation sites excluding steroid dienone is 1. The van der Waals surface area contributed by atoms with E-state index in [4.69, 9.17) is 5.11 Å². The lowest BCUT2D eigenvalue weighted by atomic mass is 10.0. The molecular formula is C17H27NO2S. The maximum absolute atomic E-state index is 10.1. The molecule has 118 valence electrons. The predicted octanol–water partition coefficient (Wildman–Crippen LogP) is 3.96. The van der Waals surface area contributed by atoms with Gasteiger partial charge in [-0.15, -0.1) is 11.3 Å². The summed E-state index contributed by atoms with van der Waals surface area (Å²) in [4.78, 5) is 4.37. The van der Waals surface area contributed by atoms with E-state index in [0.717, 1.165) is 35.5 Å². The summed E-state index contributed by atoms with van der Waals surface area (Å²) in [6.45, 7) is 6.24. The lowest BCUT2D eigenvalue weighted by Crippen LogP contribution is -2.06. The van der Waals surface area contributed by atoms with Gasteiger partial charge in [0.15, 0.2) is 0 Å². The van der Waals surface area contributed by atoms with Gasteiger partial charge in [0.05, 0.1) is 16.8 Å². The molecule has 0 aliphatic carbocycles. The zero-order chi connectivity index (χ0) is 15.7. The number of nitrogens with zero attached hydrogens (tertiary/aromatic N) is 1. The minimum Gasteiger partial charge on any atom is -0.396 e. The minimum absolute atomic E-state index is 0.266. The number of aliphatic hydroxyl groups is 2. The number of aromatic nitrogens is 1. The second-order valence-electron chi connectivity index (χ2n) is 5.62. The molecule has 0 radical (unpaired) electrons. The van der Waals surface area contributed by atoms with Gasteiger partial charge < -0.3 is 10.2 Å². The molecule has 0 spiro atoms. The summed E-state index contributed by atoms with van der Waals surface area (Å²) in [6, 6.07) is 0. The Bertz CT molecular complexity index is 465. The van der Waals surface area contributed by atoms with E-state index in [2.05, 4.69) is 18.0 Å². The third kappa shape index (κ3) is 7.55. The average molecular weight is 309 g/mol. The molecule has 1 aromatic heterocycles. The standard InChI is InChI=1S/C17H27NO2S/c1-13(11-19)8-6-4-5-7-9-17(20)14(2)10-16-12-21-15(3)18-16/h5,7,10,12-13,17,19-20H,4,6,8-9,11H2,1-3H3/b7-5-,14-10+/t13-,17-/m0/s1. The number of unbranched alkanes of at least 4 members (excludes halogenated alkanes) is 1. The summed E-state index contributed by atoms with van der Waals surface area (Å²) in [5.74, 6) is 0.385. The molecule has 1 heterocycles. The Morgan fingerprint density at radius 2 is 2.19 bits per heavy atom. The molecule has 2 atom stereocenters. The lowest BCUT2D eigenvalue weighted by Gasteiger charge is -2.08. The Balaban J connectivity index is 2.29. The van der Waals surface area contributed by atoms with Crippen molar-refractivity contribution in [3.8, 4) is 0 Å². The normalized spacial score (nSPS) is 15.6. The molecular weight excluding hydrogens is 282 g/mol. The number of thiazole rings is 1. The van der Waals surface area contributed by atoms with E-state index in [1.54, 1.807) is 11.3 Å². The van der Waals surface area contributed by atoms with Gasteiger partial charge in [0.25, 0.3) is 0 Å². The molecule has 2 N–H and O–H groups in total. The van der Waals surface area contributed by atoms with Crippen LogP contribution >= 0.6 is 11.3 Å². The van der Waals surface area contributed by atoms with Crippen LogP contribution in [0.15, 0.2) is 23.1 Å². The van der Waals surface area contributed by atoms with Gasteiger partial charge in [-0.2, -0.15) is 0 Å². The molecule has 0 saturated carbocycles. The van der Waals surface area contributed by atoms with Gasteiger partial charge in [-0.3, -0.25) is 0 Å². The van der Waals surface area contributed by atoms with Crippen LogP contribution in [0, 0.1) is 12.8 Å². The van der Waals surface area contributed by atoms with Crippen molar-refractivity contribution >= 4 is 17.4 Å². The fourth-order valence-corrected chi connectivity index (χ4v) is 2.55. The second kappa shape index (κ2) is 9.87. The van der Waals surface area contributed by atoms with Crippen LogP contribution in [-0.4, -0.2) is 27.9 Å². The van der Waals surface area contributed by atoms with E-state index in [-0.39, 0.29) is 6.61 Å². The Kier molecular flexibility index (Phi) is 8.50. The molecule has 21 heavy (non-hydrogen) atoms. The molecule has 0 aliphatic rings. The summed E-state index contributed by atoms with van der Waals surface area (Å²) in [6.07, 6.45) is 9.44. The van der Waals surface area contributed by atoms with Crippen LogP contribution in [0.2, 0.25) is 0 Å². The van der Waals surface area contributed by atoms with Gasteiger partial charge in [-0.05, 0) is 57.1 Å². The summed E-state index contributed by atoms with van der Waals surface area (Å²) >= 11 is 1.62. The van der Waals surface area contributed by atoms with E-state index in [1.165, 1.54) is 0 Å².